The SMILES string of the molecule is CC(=O)NC1=NN(C(C)=O)[C@@]2(S1)C(=O)N(CCc1ccccc1)c1ccc(Cl)cc12. The van der Waals surface area contributed by atoms with Crippen LogP contribution in [0.3, 0.4) is 0 Å². The van der Waals surface area contributed by atoms with E-state index < -0.39 is 10.8 Å². The molecule has 0 unspecified atom stereocenters. The van der Waals surface area contributed by atoms with E-state index in [-0.39, 0.29) is 17.0 Å². The molecule has 2 aromatic rings. The predicted octanol–water partition coefficient (Wildman–Crippen LogP) is 3.08. The van der Waals surface area contributed by atoms with Crippen molar-refractivity contribution < 1.29 is 14.4 Å². The smallest absolute Gasteiger partial charge is 0.270 e. The highest BCUT2D eigenvalue weighted by Gasteiger charge is 2.61. The van der Waals surface area contributed by atoms with Gasteiger partial charge in [-0.05, 0) is 41.9 Å². The van der Waals surface area contributed by atoms with E-state index in [4.69, 9.17) is 11.6 Å². The van der Waals surface area contributed by atoms with Gasteiger partial charge < -0.3 is 10.2 Å². The van der Waals surface area contributed by atoms with Gasteiger partial charge in [-0.25, -0.2) is 0 Å². The lowest BCUT2D eigenvalue weighted by atomic mass is 10.1. The first-order valence-corrected chi connectivity index (χ1v) is 10.5. The Balaban J connectivity index is 1.75. The largest absolute Gasteiger partial charge is 0.308 e. The van der Waals surface area contributed by atoms with E-state index in [2.05, 4.69) is 10.4 Å². The molecule has 4 rings (SSSR count). The van der Waals surface area contributed by atoms with Crippen molar-refractivity contribution in [2.75, 3.05) is 11.4 Å². The summed E-state index contributed by atoms with van der Waals surface area (Å²) in [5, 5.41) is 8.61. The van der Waals surface area contributed by atoms with Crippen LogP contribution >= 0.6 is 23.4 Å². The lowest BCUT2D eigenvalue weighted by Crippen LogP contribution is -2.48. The van der Waals surface area contributed by atoms with Gasteiger partial charge in [0.15, 0.2) is 5.17 Å². The number of thioether (sulfide) groups is 1. The number of benzene rings is 2. The molecule has 2 heterocycles. The van der Waals surface area contributed by atoms with Crippen molar-refractivity contribution in [1.29, 1.82) is 0 Å². The first kappa shape index (κ1) is 20.4. The summed E-state index contributed by atoms with van der Waals surface area (Å²) in [7, 11) is 0. The Bertz CT molecular complexity index is 1080. The monoisotopic (exact) mass is 442 g/mol. The van der Waals surface area contributed by atoms with Gasteiger partial charge in [-0.2, -0.15) is 5.01 Å². The summed E-state index contributed by atoms with van der Waals surface area (Å²) >= 11 is 7.30. The highest BCUT2D eigenvalue weighted by molar-refractivity contribution is 8.15. The number of amidine groups is 1. The van der Waals surface area contributed by atoms with Crippen LogP contribution in [0.25, 0.3) is 0 Å². The van der Waals surface area contributed by atoms with Gasteiger partial charge in [0.25, 0.3) is 5.91 Å². The van der Waals surface area contributed by atoms with Gasteiger partial charge in [0.2, 0.25) is 16.7 Å². The summed E-state index contributed by atoms with van der Waals surface area (Å²) in [6, 6.07) is 15.0. The third-order valence-corrected chi connectivity index (χ3v) is 6.41. The van der Waals surface area contributed by atoms with Crippen LogP contribution in [0.5, 0.6) is 0 Å². The molecule has 3 amide bonds. The molecule has 9 heteroatoms. The molecule has 0 saturated carbocycles. The molecule has 154 valence electrons. The van der Waals surface area contributed by atoms with Crippen molar-refractivity contribution in [3.8, 4) is 0 Å². The molecule has 1 spiro atoms. The van der Waals surface area contributed by atoms with Gasteiger partial charge in [0.1, 0.15) is 0 Å². The number of rotatable bonds is 3. The normalized spacial score (nSPS) is 19.8. The van der Waals surface area contributed by atoms with Gasteiger partial charge >= 0.3 is 0 Å². The van der Waals surface area contributed by atoms with E-state index in [1.165, 1.54) is 13.8 Å². The number of nitrogens with one attached hydrogen (secondary N) is 1. The Morgan fingerprint density at radius 3 is 2.57 bits per heavy atom. The Morgan fingerprint density at radius 1 is 1.17 bits per heavy atom. The first-order valence-electron chi connectivity index (χ1n) is 9.35. The van der Waals surface area contributed by atoms with E-state index >= 15 is 0 Å². The minimum absolute atomic E-state index is 0.196. The molecule has 0 aliphatic carbocycles. The molecular formula is C21H19ClN4O3S. The number of carbonyl (C=O) groups is 3. The summed E-state index contributed by atoms with van der Waals surface area (Å²) in [6.07, 6.45) is 0.648. The first-order chi connectivity index (χ1) is 14.3. The number of hydrazone groups is 1. The molecule has 7 nitrogen and oxygen atoms in total. The molecule has 1 N–H and O–H groups in total. The van der Waals surface area contributed by atoms with E-state index in [1.54, 1.807) is 23.1 Å². The maximum atomic E-state index is 13.7. The second kappa shape index (κ2) is 7.77. The van der Waals surface area contributed by atoms with Crippen molar-refractivity contribution in [3.05, 3.63) is 64.7 Å². The van der Waals surface area contributed by atoms with Gasteiger partial charge in [-0.1, -0.05) is 41.9 Å². The van der Waals surface area contributed by atoms with Crippen LogP contribution in [-0.2, 0) is 25.7 Å². The molecule has 0 bridgehead atoms. The molecule has 0 saturated heterocycles. The van der Waals surface area contributed by atoms with Crippen LogP contribution in [0.2, 0.25) is 5.02 Å². The van der Waals surface area contributed by atoms with E-state index in [0.717, 1.165) is 22.3 Å². The third-order valence-electron chi connectivity index (χ3n) is 4.93. The Morgan fingerprint density at radius 2 is 1.90 bits per heavy atom. The highest BCUT2D eigenvalue weighted by Crippen LogP contribution is 2.54. The van der Waals surface area contributed by atoms with Gasteiger partial charge in [-0.15, -0.1) is 5.10 Å². The maximum Gasteiger partial charge on any atom is 0.270 e. The number of amides is 3. The summed E-state index contributed by atoms with van der Waals surface area (Å²) in [4.78, 5) is 38.0. The lowest BCUT2D eigenvalue weighted by molar-refractivity contribution is -0.139. The third kappa shape index (κ3) is 3.36. The molecular weight excluding hydrogens is 424 g/mol. The van der Waals surface area contributed by atoms with Crippen LogP contribution in [0.1, 0.15) is 25.0 Å². The zero-order valence-electron chi connectivity index (χ0n) is 16.4. The summed E-state index contributed by atoms with van der Waals surface area (Å²) in [5.74, 6) is -1.04. The van der Waals surface area contributed by atoms with E-state index in [9.17, 15) is 14.4 Å². The van der Waals surface area contributed by atoms with Crippen LogP contribution in [0.15, 0.2) is 53.6 Å². The van der Waals surface area contributed by atoms with E-state index in [1.807, 2.05) is 30.3 Å². The maximum absolute atomic E-state index is 13.7. The number of hydrogen-bond acceptors (Lipinski definition) is 5. The van der Waals surface area contributed by atoms with Gasteiger partial charge in [0.05, 0.1) is 5.69 Å². The topological polar surface area (TPSA) is 82.1 Å². The molecule has 0 fully saturated rings. The highest BCUT2D eigenvalue weighted by atomic mass is 35.5. The van der Waals surface area contributed by atoms with Crippen molar-refractivity contribution in [2.24, 2.45) is 5.10 Å². The van der Waals surface area contributed by atoms with Crippen molar-refractivity contribution in [2.45, 2.75) is 25.1 Å². The van der Waals surface area contributed by atoms with E-state index in [0.29, 0.717) is 29.2 Å². The van der Waals surface area contributed by atoms with Gasteiger partial charge in [-0.3, -0.25) is 14.4 Å². The standard InChI is InChI=1S/C21H19ClN4O3S/c1-13(27)23-20-24-26(14(2)28)21(30-20)17-12-16(22)8-9-18(17)25(19(21)29)11-10-15-6-4-3-5-7-15/h3-9,12H,10-11H2,1-2H3,(H,23,24,27)/t21-/m0/s1. The summed E-state index contributed by atoms with van der Waals surface area (Å²) in [6.45, 7) is 3.12. The number of halogens is 1. The number of fused-ring (bicyclic) bond motifs is 2. The fourth-order valence-electron chi connectivity index (χ4n) is 3.69. The molecule has 2 aliphatic rings. The quantitative estimate of drug-likeness (QED) is 0.791. The Kier molecular flexibility index (Phi) is 5.29. The molecule has 2 aromatic carbocycles. The minimum Gasteiger partial charge on any atom is -0.308 e. The minimum atomic E-state index is -1.43. The summed E-state index contributed by atoms with van der Waals surface area (Å²) < 4.78 is 0. The predicted molar refractivity (Wildman–Crippen MR) is 117 cm³/mol. The Labute approximate surface area is 183 Å². The fourth-order valence-corrected chi connectivity index (χ4v) is 5.19. The molecule has 30 heavy (non-hydrogen) atoms. The van der Waals surface area contributed by atoms with Crippen molar-refractivity contribution in [3.63, 3.8) is 0 Å². The van der Waals surface area contributed by atoms with Crippen LogP contribution in [0.4, 0.5) is 5.69 Å². The molecule has 0 aromatic heterocycles. The zero-order chi connectivity index (χ0) is 21.5. The van der Waals surface area contributed by atoms with Crippen LogP contribution < -0.4 is 10.2 Å². The fraction of sp³-hybridized carbons (Fsp3) is 0.238. The number of hydrogen-bond donors (Lipinski definition) is 1. The molecule has 2 aliphatic heterocycles. The second-order valence-electron chi connectivity index (χ2n) is 7.02. The number of anilines is 1. The molecule has 0 radical (unpaired) electrons. The van der Waals surface area contributed by atoms with Crippen LogP contribution in [-0.4, -0.2) is 34.4 Å². The van der Waals surface area contributed by atoms with Gasteiger partial charge in [0, 0.05) is 31.0 Å². The zero-order valence-corrected chi connectivity index (χ0v) is 18.0. The second-order valence-corrected chi connectivity index (χ2v) is 8.64. The average molecular weight is 443 g/mol. The average Bonchev–Trinajstić information content (AvgIpc) is 3.18. The lowest BCUT2D eigenvalue weighted by Gasteiger charge is -2.29. The molecule has 1 atom stereocenters. The summed E-state index contributed by atoms with van der Waals surface area (Å²) in [5.41, 5.74) is 2.36. The van der Waals surface area contributed by atoms with Crippen molar-refractivity contribution in [1.82, 2.24) is 10.3 Å². The number of nitrogens with zero attached hydrogens (tertiary/aromatic N) is 3. The Hall–Kier alpha value is -2.84. The van der Waals surface area contributed by atoms with Crippen molar-refractivity contribution >= 4 is 51.9 Å². The number of carbonyl (C=O) groups excluding carboxylic acids is 3. The van der Waals surface area contributed by atoms with Crippen LogP contribution in [0, 0.1) is 0 Å².